The normalized spacial score (nSPS) is 14.1. The quantitative estimate of drug-likeness (QED) is 0.101. The van der Waals surface area contributed by atoms with Crippen LogP contribution in [0.3, 0.4) is 0 Å². The van der Waals surface area contributed by atoms with Crippen LogP contribution in [-0.2, 0) is 23.9 Å². The highest BCUT2D eigenvalue weighted by molar-refractivity contribution is 6.21. The van der Waals surface area contributed by atoms with Crippen LogP contribution in [0, 0.1) is 11.3 Å². The van der Waals surface area contributed by atoms with Gasteiger partial charge in [-0.05, 0) is 58.6 Å². The summed E-state index contributed by atoms with van der Waals surface area (Å²) in [6.45, 7) is 13.4. The van der Waals surface area contributed by atoms with Crippen molar-refractivity contribution >= 4 is 23.3 Å². The zero-order valence-electron chi connectivity index (χ0n) is 25.7. The van der Waals surface area contributed by atoms with E-state index >= 15 is 0 Å². The van der Waals surface area contributed by atoms with Gasteiger partial charge in [0.25, 0.3) is 0 Å². The van der Waals surface area contributed by atoms with Gasteiger partial charge in [0.2, 0.25) is 5.91 Å². The molecule has 0 aromatic heterocycles. The van der Waals surface area contributed by atoms with Gasteiger partial charge in [0, 0.05) is 11.1 Å². The Kier molecular flexibility index (Phi) is 16.9. The number of rotatable bonds is 20. The van der Waals surface area contributed by atoms with Crippen molar-refractivity contribution in [1.82, 2.24) is 0 Å². The Bertz CT molecular complexity index is 830. The molecule has 3 atom stereocenters. The average molecular weight is 546 g/mol. The van der Waals surface area contributed by atoms with Crippen LogP contribution in [0.4, 0.5) is 5.69 Å². The van der Waals surface area contributed by atoms with Crippen molar-refractivity contribution in [2.75, 3.05) is 5.32 Å². The molecule has 1 aromatic carbocycles. The highest BCUT2D eigenvalue weighted by atomic mass is 16.5. The Labute approximate surface area is 238 Å². The monoisotopic (exact) mass is 545 g/mol. The van der Waals surface area contributed by atoms with E-state index in [2.05, 4.69) is 12.2 Å². The summed E-state index contributed by atoms with van der Waals surface area (Å²) < 4.78 is 11.8. The van der Waals surface area contributed by atoms with E-state index in [4.69, 9.17) is 9.47 Å². The summed E-state index contributed by atoms with van der Waals surface area (Å²) in [5, 5.41) is 2.72. The van der Waals surface area contributed by atoms with Crippen LogP contribution in [0.5, 0.6) is 0 Å². The molecule has 1 rings (SSSR count). The molecule has 0 fully saturated rings. The maximum atomic E-state index is 13.4. The lowest BCUT2D eigenvalue weighted by Gasteiger charge is -2.26. The number of nitrogens with one attached hydrogen (secondary N) is 1. The molecule has 3 unspecified atom stereocenters. The number of benzene rings is 1. The maximum Gasteiger partial charge on any atom is 0.326 e. The first-order valence-corrected chi connectivity index (χ1v) is 15.2. The first-order valence-electron chi connectivity index (χ1n) is 15.2. The fraction of sp³-hybridized carbons (Fsp3) is 0.727. The fourth-order valence-electron chi connectivity index (χ4n) is 4.63. The molecule has 0 heterocycles. The number of hydrogen-bond donors (Lipinski definition) is 1. The molecule has 1 aromatic rings. The molecule has 0 aliphatic carbocycles. The van der Waals surface area contributed by atoms with Crippen LogP contribution in [0.1, 0.15) is 126 Å². The van der Waals surface area contributed by atoms with E-state index in [9.17, 15) is 14.4 Å². The minimum Gasteiger partial charge on any atom is -0.461 e. The van der Waals surface area contributed by atoms with Gasteiger partial charge in [-0.3, -0.25) is 14.4 Å². The summed E-state index contributed by atoms with van der Waals surface area (Å²) >= 11 is 0. The van der Waals surface area contributed by atoms with Gasteiger partial charge in [-0.1, -0.05) is 97.3 Å². The second-order valence-electron chi connectivity index (χ2n) is 12.2. The van der Waals surface area contributed by atoms with Gasteiger partial charge in [0.05, 0.1) is 12.2 Å². The Hall–Kier alpha value is -2.21. The van der Waals surface area contributed by atoms with Crippen molar-refractivity contribution in [1.29, 1.82) is 0 Å². The predicted octanol–water partition coefficient (Wildman–Crippen LogP) is 8.28. The molecular weight excluding hydrogens is 490 g/mol. The minimum absolute atomic E-state index is 0.0303. The third-order valence-corrected chi connectivity index (χ3v) is 6.85. The minimum atomic E-state index is -1.51. The molecule has 39 heavy (non-hydrogen) atoms. The summed E-state index contributed by atoms with van der Waals surface area (Å²) in [6, 6.07) is 8.87. The summed E-state index contributed by atoms with van der Waals surface area (Å²) in [7, 11) is 0. The van der Waals surface area contributed by atoms with Crippen LogP contribution >= 0.6 is 0 Å². The van der Waals surface area contributed by atoms with Crippen LogP contribution in [-0.4, -0.2) is 36.0 Å². The lowest BCUT2D eigenvalue weighted by Crippen LogP contribution is -2.43. The van der Waals surface area contributed by atoms with Gasteiger partial charge >= 0.3 is 5.97 Å². The lowest BCUT2D eigenvalue weighted by molar-refractivity contribution is -0.161. The summed E-state index contributed by atoms with van der Waals surface area (Å²) in [4.78, 5) is 39.9. The fourth-order valence-corrected chi connectivity index (χ4v) is 4.63. The Balaban J connectivity index is 2.85. The smallest absolute Gasteiger partial charge is 0.326 e. The molecule has 0 saturated carbocycles. The van der Waals surface area contributed by atoms with Gasteiger partial charge in [0.15, 0.2) is 11.7 Å². The van der Waals surface area contributed by atoms with E-state index in [0.717, 1.165) is 19.3 Å². The van der Waals surface area contributed by atoms with Crippen molar-refractivity contribution in [2.45, 2.75) is 144 Å². The van der Waals surface area contributed by atoms with Crippen LogP contribution in [0.15, 0.2) is 30.3 Å². The van der Waals surface area contributed by atoms with Crippen molar-refractivity contribution in [3.8, 4) is 0 Å². The summed E-state index contributed by atoms with van der Waals surface area (Å²) in [5.41, 5.74) is -0.336. The van der Waals surface area contributed by atoms with Crippen molar-refractivity contribution in [3.05, 3.63) is 30.3 Å². The number of carbonyl (C=O) groups excluding carboxylic acids is 3. The highest BCUT2D eigenvalue weighted by Gasteiger charge is 2.42. The lowest BCUT2D eigenvalue weighted by atomic mass is 9.82. The molecule has 222 valence electrons. The molecule has 0 saturated heterocycles. The van der Waals surface area contributed by atoms with E-state index in [1.807, 2.05) is 26.8 Å². The van der Waals surface area contributed by atoms with Crippen molar-refractivity contribution < 1.29 is 23.9 Å². The summed E-state index contributed by atoms with van der Waals surface area (Å²) in [5.74, 6) is -3.37. The van der Waals surface area contributed by atoms with Gasteiger partial charge < -0.3 is 14.8 Å². The molecule has 0 bridgehead atoms. The van der Waals surface area contributed by atoms with Crippen molar-refractivity contribution in [2.24, 2.45) is 11.3 Å². The predicted molar refractivity (Wildman–Crippen MR) is 160 cm³/mol. The maximum absolute atomic E-state index is 13.4. The Morgan fingerprint density at radius 3 is 1.90 bits per heavy atom. The molecule has 0 aliphatic heterocycles. The zero-order chi connectivity index (χ0) is 29.3. The van der Waals surface area contributed by atoms with Crippen LogP contribution in [0.2, 0.25) is 0 Å². The average Bonchev–Trinajstić information content (AvgIpc) is 2.85. The number of unbranched alkanes of at least 4 members (excludes halogenated alkanes) is 8. The molecule has 0 radical (unpaired) electrons. The first kappa shape index (κ1) is 34.8. The summed E-state index contributed by atoms with van der Waals surface area (Å²) in [6.07, 6.45) is 12.8. The number of carbonyl (C=O) groups is 3. The Morgan fingerprint density at radius 1 is 0.795 bits per heavy atom. The van der Waals surface area contributed by atoms with Crippen LogP contribution in [0.25, 0.3) is 0 Å². The highest BCUT2D eigenvalue weighted by Crippen LogP contribution is 2.25. The standard InChI is InChI=1S/C33H55NO5/c1-8-9-10-11-12-13-14-15-19-22-28(24-23-26(4)38-25(2)3)39-32(37)29(30(35)33(5,6)7)31(36)34-27-20-17-16-18-21-27/h16-18,20-21,25-26,28-29H,8-15,19,22-24H2,1-7H3,(H,34,36). The number of esters is 1. The second-order valence-corrected chi connectivity index (χ2v) is 12.2. The number of anilines is 1. The Morgan fingerprint density at radius 2 is 1.36 bits per heavy atom. The molecule has 6 heteroatoms. The third kappa shape index (κ3) is 15.2. The van der Waals surface area contributed by atoms with Gasteiger partial charge in [-0.2, -0.15) is 0 Å². The number of hydrogen-bond acceptors (Lipinski definition) is 5. The molecule has 0 aliphatic rings. The van der Waals surface area contributed by atoms with E-state index in [0.29, 0.717) is 18.5 Å². The molecule has 1 N–H and O–H groups in total. The first-order chi connectivity index (χ1) is 18.5. The number of ketones is 1. The second kappa shape index (κ2) is 19.0. The number of Topliss-reactive ketones (excluding diaryl/α,β-unsaturated/α-hetero) is 1. The topological polar surface area (TPSA) is 81.7 Å². The molecular formula is C33H55NO5. The molecule has 1 amide bonds. The third-order valence-electron chi connectivity index (χ3n) is 6.85. The SMILES string of the molecule is CCCCCCCCCCCC(CCC(C)OC(C)C)OC(=O)C(C(=O)Nc1ccccc1)C(=O)C(C)(C)C. The van der Waals surface area contributed by atoms with Crippen LogP contribution < -0.4 is 5.32 Å². The van der Waals surface area contributed by atoms with E-state index < -0.39 is 29.0 Å². The zero-order valence-corrected chi connectivity index (χ0v) is 25.7. The molecule has 0 spiro atoms. The molecule has 6 nitrogen and oxygen atoms in total. The van der Waals surface area contributed by atoms with Gasteiger partial charge in [0.1, 0.15) is 6.10 Å². The van der Waals surface area contributed by atoms with E-state index in [-0.39, 0.29) is 18.3 Å². The van der Waals surface area contributed by atoms with Gasteiger partial charge in [-0.15, -0.1) is 0 Å². The van der Waals surface area contributed by atoms with E-state index in [1.165, 1.54) is 44.9 Å². The number of para-hydroxylation sites is 1. The number of ether oxygens (including phenoxy) is 2. The number of amides is 1. The van der Waals surface area contributed by atoms with E-state index in [1.54, 1.807) is 45.0 Å². The van der Waals surface area contributed by atoms with Crippen molar-refractivity contribution in [3.63, 3.8) is 0 Å². The largest absolute Gasteiger partial charge is 0.461 e. The van der Waals surface area contributed by atoms with Gasteiger partial charge in [-0.25, -0.2) is 0 Å².